The first-order valence-corrected chi connectivity index (χ1v) is 11.5. The molecule has 0 unspecified atom stereocenters. The maximum Gasteiger partial charge on any atom is 0.417 e. The summed E-state index contributed by atoms with van der Waals surface area (Å²) in [7, 11) is 2.87. The van der Waals surface area contributed by atoms with Crippen LogP contribution in [0.3, 0.4) is 0 Å². The molecule has 0 radical (unpaired) electrons. The van der Waals surface area contributed by atoms with Crippen LogP contribution in [0, 0.1) is 5.92 Å². The minimum atomic E-state index is -5.05. The third kappa shape index (κ3) is 6.40. The summed E-state index contributed by atoms with van der Waals surface area (Å²) in [5, 5.41) is 2.34. The summed E-state index contributed by atoms with van der Waals surface area (Å²) in [5.74, 6) is -2.51. The van der Waals surface area contributed by atoms with Crippen LogP contribution < -0.4 is 14.8 Å². The van der Waals surface area contributed by atoms with Crippen LogP contribution in [0.2, 0.25) is 0 Å². The summed E-state index contributed by atoms with van der Waals surface area (Å²) in [4.78, 5) is 25.6. The molecule has 0 spiro atoms. The zero-order valence-electron chi connectivity index (χ0n) is 20.6. The molecule has 12 heteroatoms. The smallest absolute Gasteiger partial charge is 0.417 e. The maximum atomic E-state index is 13.4. The monoisotopic (exact) mass is 545 g/mol. The zero-order chi connectivity index (χ0) is 28.3. The lowest BCUT2D eigenvalue weighted by Crippen LogP contribution is -2.35. The van der Waals surface area contributed by atoms with Crippen LogP contribution in [-0.4, -0.2) is 38.7 Å². The number of hydrogen-bond donors (Lipinski definition) is 1. The van der Waals surface area contributed by atoms with E-state index in [1.54, 1.807) is 31.2 Å². The van der Waals surface area contributed by atoms with Crippen molar-refractivity contribution in [1.82, 2.24) is 5.32 Å². The molecule has 0 saturated carbocycles. The number of amides is 1. The van der Waals surface area contributed by atoms with E-state index in [0.717, 1.165) is 0 Å². The van der Waals surface area contributed by atoms with Gasteiger partial charge < -0.3 is 19.5 Å². The Bertz CT molecular complexity index is 1210. The summed E-state index contributed by atoms with van der Waals surface area (Å²) >= 11 is 0. The first-order valence-electron chi connectivity index (χ1n) is 11.5. The molecular weight excluding hydrogens is 520 g/mol. The molecule has 0 bridgehead atoms. The molecular formula is C26H25F6NO5. The van der Waals surface area contributed by atoms with Gasteiger partial charge in [0.2, 0.25) is 0 Å². The van der Waals surface area contributed by atoms with Gasteiger partial charge in [0.1, 0.15) is 0 Å². The number of rotatable bonds is 8. The van der Waals surface area contributed by atoms with Gasteiger partial charge in [0.05, 0.1) is 43.4 Å². The van der Waals surface area contributed by atoms with Crippen molar-refractivity contribution in [3.8, 4) is 11.5 Å². The lowest BCUT2D eigenvalue weighted by Gasteiger charge is -2.23. The average Bonchev–Trinajstić information content (AvgIpc) is 3.30. The molecule has 6 nitrogen and oxygen atoms in total. The molecule has 0 aromatic heterocycles. The highest BCUT2D eigenvalue weighted by atomic mass is 19.4. The Morgan fingerprint density at radius 3 is 2.21 bits per heavy atom. The van der Waals surface area contributed by atoms with Gasteiger partial charge in [-0.2, -0.15) is 26.3 Å². The van der Waals surface area contributed by atoms with Crippen LogP contribution in [0.15, 0.2) is 48.6 Å². The highest BCUT2D eigenvalue weighted by Gasteiger charge is 2.40. The van der Waals surface area contributed by atoms with Crippen LogP contribution in [0.25, 0.3) is 0 Å². The number of esters is 1. The van der Waals surface area contributed by atoms with Crippen molar-refractivity contribution in [2.45, 2.75) is 37.7 Å². The van der Waals surface area contributed by atoms with E-state index in [1.165, 1.54) is 20.3 Å². The third-order valence-corrected chi connectivity index (χ3v) is 6.07. The molecule has 1 amide bonds. The maximum absolute atomic E-state index is 13.4. The van der Waals surface area contributed by atoms with E-state index in [0.29, 0.717) is 17.1 Å². The summed E-state index contributed by atoms with van der Waals surface area (Å²) < 4.78 is 95.4. The molecule has 1 aliphatic rings. The highest BCUT2D eigenvalue weighted by Crippen LogP contribution is 2.39. The van der Waals surface area contributed by atoms with Gasteiger partial charge in [-0.3, -0.25) is 9.59 Å². The Kier molecular flexibility index (Phi) is 8.63. The highest BCUT2D eigenvalue weighted by molar-refractivity contribution is 5.96. The lowest BCUT2D eigenvalue weighted by molar-refractivity contribution is -0.146. The van der Waals surface area contributed by atoms with Crippen molar-refractivity contribution in [3.05, 3.63) is 70.8 Å². The van der Waals surface area contributed by atoms with E-state index in [-0.39, 0.29) is 31.2 Å². The van der Waals surface area contributed by atoms with Gasteiger partial charge in [0.15, 0.2) is 11.5 Å². The van der Waals surface area contributed by atoms with E-state index in [4.69, 9.17) is 14.2 Å². The van der Waals surface area contributed by atoms with Crippen molar-refractivity contribution >= 4 is 11.9 Å². The number of methoxy groups -OCH3 is 2. The fourth-order valence-electron chi connectivity index (χ4n) is 4.32. The SMILES string of the molecule is CCOC(=O)[C@H](c1ccc(OC)c(OC)c1)[C@H]1C=C[C@H](NC(=O)c2cc(C(F)(F)F)ccc2C(F)(F)F)C1. The summed E-state index contributed by atoms with van der Waals surface area (Å²) in [6.45, 7) is 1.72. The second-order valence-corrected chi connectivity index (χ2v) is 8.46. The second-order valence-electron chi connectivity index (χ2n) is 8.46. The molecule has 2 aromatic carbocycles. The van der Waals surface area contributed by atoms with Gasteiger partial charge >= 0.3 is 18.3 Å². The molecule has 1 aliphatic carbocycles. The van der Waals surface area contributed by atoms with Crippen molar-refractivity contribution in [2.24, 2.45) is 5.92 Å². The van der Waals surface area contributed by atoms with Crippen LogP contribution >= 0.6 is 0 Å². The number of hydrogen-bond acceptors (Lipinski definition) is 5. The van der Waals surface area contributed by atoms with Crippen LogP contribution in [0.5, 0.6) is 11.5 Å². The average molecular weight is 545 g/mol. The first kappa shape index (κ1) is 28.9. The van der Waals surface area contributed by atoms with Crippen molar-refractivity contribution in [2.75, 3.05) is 20.8 Å². The normalized spacial score (nSPS) is 18.1. The van der Waals surface area contributed by atoms with Gasteiger partial charge in [-0.25, -0.2) is 0 Å². The number of halogens is 6. The molecule has 0 heterocycles. The lowest BCUT2D eigenvalue weighted by atomic mass is 9.85. The minimum Gasteiger partial charge on any atom is -0.493 e. The van der Waals surface area contributed by atoms with Gasteiger partial charge in [-0.15, -0.1) is 0 Å². The summed E-state index contributed by atoms with van der Waals surface area (Å²) in [6, 6.07) is 4.68. The molecule has 0 saturated heterocycles. The number of carbonyl (C=O) groups is 2. The van der Waals surface area contributed by atoms with E-state index in [1.807, 2.05) is 0 Å². The van der Waals surface area contributed by atoms with Crippen molar-refractivity contribution < 1.29 is 50.1 Å². The molecule has 38 heavy (non-hydrogen) atoms. The largest absolute Gasteiger partial charge is 0.493 e. The number of benzene rings is 2. The number of alkyl halides is 6. The number of nitrogens with one attached hydrogen (secondary N) is 1. The predicted octanol–water partition coefficient (Wildman–Crippen LogP) is 5.76. The van der Waals surface area contributed by atoms with E-state index in [9.17, 15) is 35.9 Å². The van der Waals surface area contributed by atoms with Gasteiger partial charge in [-0.1, -0.05) is 18.2 Å². The Morgan fingerprint density at radius 2 is 1.63 bits per heavy atom. The second kappa shape index (κ2) is 11.4. The van der Waals surface area contributed by atoms with Crippen LogP contribution in [0.4, 0.5) is 26.3 Å². The molecule has 3 atom stereocenters. The minimum absolute atomic E-state index is 0.0872. The summed E-state index contributed by atoms with van der Waals surface area (Å²) in [6.07, 6.45) is -6.81. The predicted molar refractivity (Wildman–Crippen MR) is 124 cm³/mol. The van der Waals surface area contributed by atoms with Gasteiger partial charge in [0.25, 0.3) is 5.91 Å². The molecule has 0 fully saturated rings. The van der Waals surface area contributed by atoms with Gasteiger partial charge in [0, 0.05) is 6.04 Å². The number of allylic oxidation sites excluding steroid dienone is 1. The Labute approximate surface area is 214 Å². The fourth-order valence-corrected chi connectivity index (χ4v) is 4.32. The van der Waals surface area contributed by atoms with Crippen LogP contribution in [-0.2, 0) is 21.9 Å². The molecule has 2 aromatic rings. The summed E-state index contributed by atoms with van der Waals surface area (Å²) in [5.41, 5.74) is -3.51. The number of ether oxygens (including phenoxy) is 3. The topological polar surface area (TPSA) is 73.9 Å². The first-order chi connectivity index (χ1) is 17.8. The van der Waals surface area contributed by atoms with E-state index in [2.05, 4.69) is 5.32 Å². The Balaban J connectivity index is 1.86. The van der Waals surface area contributed by atoms with Crippen molar-refractivity contribution in [1.29, 1.82) is 0 Å². The zero-order valence-corrected chi connectivity index (χ0v) is 20.6. The van der Waals surface area contributed by atoms with Crippen molar-refractivity contribution in [3.63, 3.8) is 0 Å². The quantitative estimate of drug-likeness (QED) is 0.259. The Morgan fingerprint density at radius 1 is 0.947 bits per heavy atom. The van der Waals surface area contributed by atoms with E-state index >= 15 is 0 Å². The Hall–Kier alpha value is -3.70. The molecule has 3 rings (SSSR count). The fraction of sp³-hybridized carbons (Fsp3) is 0.385. The molecule has 0 aliphatic heterocycles. The molecule has 1 N–H and O–H groups in total. The van der Waals surface area contributed by atoms with E-state index < -0.39 is 58.8 Å². The van der Waals surface area contributed by atoms with Crippen LogP contribution in [0.1, 0.15) is 46.3 Å². The molecule has 206 valence electrons. The van der Waals surface area contributed by atoms with Gasteiger partial charge in [-0.05, 0) is 55.2 Å². The number of carbonyl (C=O) groups excluding carboxylic acids is 2. The standard InChI is InChI=1S/C26H25F6NO5/c1-4-38-24(35)22(15-6-10-20(36-2)21(12-15)37-3)14-5-8-17(11-14)33-23(34)18-13-16(25(27,28)29)7-9-19(18)26(30,31)32/h5-10,12-14,17,22H,4,11H2,1-3H3,(H,33,34)/t14-,17-,22-/m0/s1. The third-order valence-electron chi connectivity index (χ3n) is 6.07.